The third kappa shape index (κ3) is 5.82. The number of hydrogen-bond donors (Lipinski definition) is 0. The molecule has 0 bridgehead atoms. The summed E-state index contributed by atoms with van der Waals surface area (Å²) in [5.74, 6) is 0. The zero-order chi connectivity index (χ0) is 14.9. The van der Waals surface area contributed by atoms with Gasteiger partial charge in [-0.2, -0.15) is 0 Å². The molecule has 2 rings (SSSR count). The molecular weight excluding hydrogens is 367 g/mol. The number of hydrogen-bond acceptors (Lipinski definition) is 0. The van der Waals surface area contributed by atoms with Crippen LogP contribution in [0.5, 0.6) is 0 Å². The molecule has 0 radical (unpaired) electrons. The van der Waals surface area contributed by atoms with Gasteiger partial charge in [0.05, 0.1) is 0 Å². The monoisotopic (exact) mass is 393 g/mol. The Hall–Kier alpha value is -0.830. The number of unbranched alkanes of at least 4 members (excludes halogenated alkanes) is 2. The molecule has 0 aliphatic rings. The SMILES string of the molecule is CCCCc1ccc([I-]c2ccc(CCCC)cc2)cc1. The van der Waals surface area contributed by atoms with Crippen molar-refractivity contribution in [3.8, 4) is 0 Å². The summed E-state index contributed by atoms with van der Waals surface area (Å²) in [5.41, 5.74) is 2.97. The van der Waals surface area contributed by atoms with Gasteiger partial charge in [0.2, 0.25) is 0 Å². The Morgan fingerprint density at radius 3 is 1.33 bits per heavy atom. The summed E-state index contributed by atoms with van der Waals surface area (Å²) in [6.07, 6.45) is 7.60. The summed E-state index contributed by atoms with van der Waals surface area (Å²) in [7, 11) is 0. The summed E-state index contributed by atoms with van der Waals surface area (Å²) in [6, 6.07) is 18.6. The Balaban J connectivity index is 1.91. The van der Waals surface area contributed by atoms with E-state index >= 15 is 0 Å². The molecule has 0 spiro atoms. The van der Waals surface area contributed by atoms with Gasteiger partial charge in [-0.3, -0.25) is 0 Å². The predicted molar refractivity (Wildman–Crippen MR) is 87.5 cm³/mol. The number of rotatable bonds is 8. The molecule has 0 amide bonds. The fourth-order valence-corrected chi connectivity index (χ4v) is 4.47. The molecule has 0 aliphatic heterocycles. The van der Waals surface area contributed by atoms with Gasteiger partial charge >= 0.3 is 140 Å². The minimum atomic E-state index is -0.0240. The normalized spacial score (nSPS) is 11.0. The van der Waals surface area contributed by atoms with E-state index in [9.17, 15) is 0 Å². The zero-order valence-electron chi connectivity index (χ0n) is 13.2. The first-order valence-corrected chi connectivity index (χ1v) is 10.3. The van der Waals surface area contributed by atoms with Gasteiger partial charge in [-0.25, -0.2) is 0 Å². The first-order chi connectivity index (χ1) is 10.3. The summed E-state index contributed by atoms with van der Waals surface area (Å²) in [6.45, 7) is 4.51. The van der Waals surface area contributed by atoms with E-state index in [1.807, 2.05) is 0 Å². The van der Waals surface area contributed by atoms with Gasteiger partial charge in [-0.1, -0.05) is 0 Å². The van der Waals surface area contributed by atoms with Crippen molar-refractivity contribution in [2.45, 2.75) is 52.4 Å². The molecule has 0 atom stereocenters. The third-order valence-corrected chi connectivity index (χ3v) is 6.37. The van der Waals surface area contributed by atoms with Crippen LogP contribution in [-0.2, 0) is 12.8 Å². The van der Waals surface area contributed by atoms with E-state index in [4.69, 9.17) is 0 Å². The van der Waals surface area contributed by atoms with Gasteiger partial charge in [0, 0.05) is 0 Å². The summed E-state index contributed by atoms with van der Waals surface area (Å²) in [5, 5.41) is 0. The third-order valence-electron chi connectivity index (χ3n) is 3.68. The van der Waals surface area contributed by atoms with Crippen molar-refractivity contribution in [1.82, 2.24) is 0 Å². The zero-order valence-corrected chi connectivity index (χ0v) is 15.4. The number of benzene rings is 2. The second-order valence-corrected chi connectivity index (χ2v) is 8.59. The predicted octanol–water partition coefficient (Wildman–Crippen LogP) is 2.50. The van der Waals surface area contributed by atoms with E-state index in [2.05, 4.69) is 62.4 Å². The molecule has 0 heterocycles. The fourth-order valence-electron chi connectivity index (χ4n) is 2.32. The summed E-state index contributed by atoms with van der Waals surface area (Å²) >= 11 is -0.0240. The molecule has 0 nitrogen and oxygen atoms in total. The van der Waals surface area contributed by atoms with Crippen molar-refractivity contribution in [3.63, 3.8) is 0 Å². The Morgan fingerprint density at radius 2 is 1.00 bits per heavy atom. The molecule has 114 valence electrons. The molecule has 2 aromatic carbocycles. The molecule has 0 N–H and O–H groups in total. The second kappa shape index (κ2) is 9.24. The fraction of sp³-hybridized carbons (Fsp3) is 0.400. The van der Waals surface area contributed by atoms with Crippen LogP contribution >= 0.6 is 0 Å². The van der Waals surface area contributed by atoms with E-state index in [1.165, 1.54) is 56.8 Å². The maximum atomic E-state index is 2.34. The first-order valence-electron chi connectivity index (χ1n) is 8.14. The van der Waals surface area contributed by atoms with Gasteiger partial charge < -0.3 is 0 Å². The van der Waals surface area contributed by atoms with Crippen LogP contribution in [0.25, 0.3) is 0 Å². The van der Waals surface area contributed by atoms with Crippen molar-refractivity contribution in [3.05, 3.63) is 66.8 Å². The summed E-state index contributed by atoms with van der Waals surface area (Å²) < 4.78 is 3.05. The van der Waals surface area contributed by atoms with Gasteiger partial charge in [0.1, 0.15) is 0 Å². The van der Waals surface area contributed by atoms with Crippen molar-refractivity contribution in [1.29, 1.82) is 0 Å². The summed E-state index contributed by atoms with van der Waals surface area (Å²) in [4.78, 5) is 0. The number of halogens is 1. The molecule has 0 aromatic heterocycles. The molecule has 0 saturated heterocycles. The topological polar surface area (TPSA) is 0 Å². The Bertz CT molecular complexity index is 461. The molecule has 0 unspecified atom stereocenters. The Morgan fingerprint density at radius 1 is 0.619 bits per heavy atom. The van der Waals surface area contributed by atoms with Crippen molar-refractivity contribution in [2.24, 2.45) is 0 Å². The van der Waals surface area contributed by atoms with Crippen LogP contribution in [0.15, 0.2) is 48.5 Å². The minimum absolute atomic E-state index is 0.0240. The van der Waals surface area contributed by atoms with E-state index in [0.717, 1.165) is 0 Å². The molecule has 0 aliphatic carbocycles. The number of aryl methyl sites for hydroxylation is 2. The van der Waals surface area contributed by atoms with Crippen LogP contribution in [0, 0.1) is 7.14 Å². The average molecular weight is 393 g/mol. The van der Waals surface area contributed by atoms with E-state index in [-0.39, 0.29) is 21.2 Å². The average Bonchev–Trinajstić information content (AvgIpc) is 2.53. The van der Waals surface area contributed by atoms with E-state index in [1.54, 1.807) is 0 Å². The molecule has 0 saturated carbocycles. The van der Waals surface area contributed by atoms with Crippen LogP contribution in [0.3, 0.4) is 0 Å². The van der Waals surface area contributed by atoms with Crippen LogP contribution in [-0.4, -0.2) is 0 Å². The maximum absolute atomic E-state index is 2.34. The van der Waals surface area contributed by atoms with Gasteiger partial charge in [-0.05, 0) is 0 Å². The Labute approximate surface area is 140 Å². The van der Waals surface area contributed by atoms with Gasteiger partial charge in [-0.15, -0.1) is 0 Å². The molecule has 1 heteroatoms. The standard InChI is InChI=1S/C20H26I/c1-3-5-7-17-9-13-19(14-10-17)21-20-15-11-18(12-16-20)8-6-4-2/h9-16H,3-8H2,1-2H3/q-1. The quantitative estimate of drug-likeness (QED) is 0.605. The molecular formula is C20H26I-. The van der Waals surface area contributed by atoms with Crippen LogP contribution in [0.1, 0.15) is 50.7 Å². The molecule has 0 fully saturated rings. The van der Waals surface area contributed by atoms with Crippen molar-refractivity contribution < 1.29 is 21.2 Å². The van der Waals surface area contributed by atoms with Gasteiger partial charge in [0.15, 0.2) is 0 Å². The Kier molecular flexibility index (Phi) is 7.28. The van der Waals surface area contributed by atoms with Crippen LogP contribution < -0.4 is 21.2 Å². The van der Waals surface area contributed by atoms with Crippen molar-refractivity contribution in [2.75, 3.05) is 0 Å². The first kappa shape index (κ1) is 16.5. The van der Waals surface area contributed by atoms with E-state index in [0.29, 0.717) is 0 Å². The second-order valence-electron chi connectivity index (χ2n) is 5.55. The van der Waals surface area contributed by atoms with E-state index < -0.39 is 0 Å². The molecule has 21 heavy (non-hydrogen) atoms. The molecule has 2 aromatic rings. The van der Waals surface area contributed by atoms with Crippen LogP contribution in [0.2, 0.25) is 0 Å². The van der Waals surface area contributed by atoms with Crippen LogP contribution in [0.4, 0.5) is 0 Å². The van der Waals surface area contributed by atoms with Gasteiger partial charge in [0.25, 0.3) is 0 Å². The van der Waals surface area contributed by atoms with Crippen molar-refractivity contribution >= 4 is 0 Å².